The van der Waals surface area contributed by atoms with Gasteiger partial charge in [0.25, 0.3) is 0 Å². The van der Waals surface area contributed by atoms with E-state index in [2.05, 4.69) is 49.6 Å². The zero-order valence-corrected chi connectivity index (χ0v) is 13.4. The van der Waals surface area contributed by atoms with E-state index in [1.54, 1.807) is 12.4 Å². The van der Waals surface area contributed by atoms with Gasteiger partial charge in [0.2, 0.25) is 5.95 Å². The van der Waals surface area contributed by atoms with Crippen LogP contribution < -0.4 is 4.90 Å². The third kappa shape index (κ3) is 2.83. The van der Waals surface area contributed by atoms with Gasteiger partial charge in [0.15, 0.2) is 0 Å². The molecule has 0 radical (unpaired) electrons. The fraction of sp³-hybridized carbons (Fsp3) is 0.562. The van der Waals surface area contributed by atoms with Crippen LogP contribution in [0.2, 0.25) is 0 Å². The molecule has 0 amide bonds. The Hall–Kier alpha value is -1.95. The van der Waals surface area contributed by atoms with Gasteiger partial charge in [-0.05, 0) is 25.5 Å². The summed E-state index contributed by atoms with van der Waals surface area (Å²) < 4.78 is 2.10. The van der Waals surface area contributed by atoms with Crippen LogP contribution in [-0.2, 0) is 5.66 Å². The Bertz CT molecular complexity index is 562. The largest absolute Gasteiger partial charge is 0.338 e. The zero-order valence-electron chi connectivity index (χ0n) is 13.4. The number of hydrogen-bond acceptors (Lipinski definition) is 5. The van der Waals surface area contributed by atoms with Crippen LogP contribution in [-0.4, -0.2) is 50.8 Å². The molecule has 6 heteroatoms. The first-order valence-electron chi connectivity index (χ1n) is 8.01. The van der Waals surface area contributed by atoms with Gasteiger partial charge >= 0.3 is 0 Å². The summed E-state index contributed by atoms with van der Waals surface area (Å²) in [7, 11) is 0. The minimum absolute atomic E-state index is 0.0537. The van der Waals surface area contributed by atoms with E-state index in [-0.39, 0.29) is 5.66 Å². The van der Waals surface area contributed by atoms with Gasteiger partial charge in [0.1, 0.15) is 5.66 Å². The van der Waals surface area contributed by atoms with Crippen molar-refractivity contribution in [3.05, 3.63) is 36.9 Å². The molecule has 0 saturated carbocycles. The van der Waals surface area contributed by atoms with E-state index in [1.807, 2.05) is 18.3 Å². The standard InChI is InChI=1S/C16H24N6/c1-3-6-16(2,22-10-5-9-19-22)21-13-11-20(12-14-21)15-17-7-4-8-18-15/h4-5,7-10H,3,6,11-14H2,1-2H3. The van der Waals surface area contributed by atoms with Crippen molar-refractivity contribution >= 4 is 5.95 Å². The molecular weight excluding hydrogens is 276 g/mol. The van der Waals surface area contributed by atoms with E-state index in [4.69, 9.17) is 0 Å². The monoisotopic (exact) mass is 300 g/mol. The van der Waals surface area contributed by atoms with Crippen molar-refractivity contribution in [2.75, 3.05) is 31.1 Å². The van der Waals surface area contributed by atoms with Gasteiger partial charge in [-0.3, -0.25) is 9.58 Å². The molecule has 3 rings (SSSR count). The molecule has 0 spiro atoms. The number of rotatable bonds is 5. The quantitative estimate of drug-likeness (QED) is 0.845. The summed E-state index contributed by atoms with van der Waals surface area (Å²) in [5, 5.41) is 4.50. The topological polar surface area (TPSA) is 50.1 Å². The van der Waals surface area contributed by atoms with Crippen LogP contribution in [0.5, 0.6) is 0 Å². The van der Waals surface area contributed by atoms with Crippen molar-refractivity contribution < 1.29 is 0 Å². The Morgan fingerprint density at radius 3 is 2.36 bits per heavy atom. The van der Waals surface area contributed by atoms with Crippen LogP contribution in [0.25, 0.3) is 0 Å². The second-order valence-corrected chi connectivity index (χ2v) is 5.94. The van der Waals surface area contributed by atoms with E-state index in [9.17, 15) is 0 Å². The highest BCUT2D eigenvalue weighted by Gasteiger charge is 2.35. The smallest absolute Gasteiger partial charge is 0.225 e. The normalized spacial score (nSPS) is 19.1. The summed E-state index contributed by atoms with van der Waals surface area (Å²) in [6.45, 7) is 8.41. The summed E-state index contributed by atoms with van der Waals surface area (Å²) >= 11 is 0. The summed E-state index contributed by atoms with van der Waals surface area (Å²) in [6, 6.07) is 3.86. The van der Waals surface area contributed by atoms with Gasteiger partial charge in [0.05, 0.1) is 0 Å². The highest BCUT2D eigenvalue weighted by Crippen LogP contribution is 2.28. The molecule has 2 aromatic heterocycles. The molecular formula is C16H24N6. The number of piperazine rings is 1. The molecule has 0 aromatic carbocycles. The SMILES string of the molecule is CCCC(C)(N1CCN(c2ncccn2)CC1)n1cccn1. The first kappa shape index (κ1) is 15.0. The van der Waals surface area contributed by atoms with Crippen LogP contribution in [0, 0.1) is 0 Å². The highest BCUT2D eigenvalue weighted by molar-refractivity contribution is 5.29. The van der Waals surface area contributed by atoms with Gasteiger partial charge in [-0.1, -0.05) is 13.3 Å². The van der Waals surface area contributed by atoms with Crippen molar-refractivity contribution in [1.29, 1.82) is 0 Å². The molecule has 0 N–H and O–H groups in total. The molecule has 1 atom stereocenters. The van der Waals surface area contributed by atoms with Gasteiger partial charge in [-0.2, -0.15) is 5.10 Å². The Balaban J connectivity index is 1.71. The fourth-order valence-electron chi connectivity index (χ4n) is 3.29. The zero-order chi connectivity index (χ0) is 15.4. The average molecular weight is 300 g/mol. The maximum Gasteiger partial charge on any atom is 0.225 e. The van der Waals surface area contributed by atoms with Crippen LogP contribution in [0.4, 0.5) is 5.95 Å². The lowest BCUT2D eigenvalue weighted by atomic mass is 10.0. The van der Waals surface area contributed by atoms with Gasteiger partial charge < -0.3 is 4.90 Å². The van der Waals surface area contributed by atoms with Crippen LogP contribution in [0.3, 0.4) is 0 Å². The molecule has 1 saturated heterocycles. The molecule has 2 aromatic rings. The average Bonchev–Trinajstić information content (AvgIpc) is 3.11. The molecule has 1 fully saturated rings. The second kappa shape index (κ2) is 6.44. The Morgan fingerprint density at radius 2 is 1.77 bits per heavy atom. The minimum atomic E-state index is -0.0537. The summed E-state index contributed by atoms with van der Waals surface area (Å²) in [5.41, 5.74) is -0.0537. The van der Waals surface area contributed by atoms with E-state index < -0.39 is 0 Å². The third-order valence-electron chi connectivity index (χ3n) is 4.52. The van der Waals surface area contributed by atoms with Crippen molar-refractivity contribution in [1.82, 2.24) is 24.6 Å². The van der Waals surface area contributed by atoms with Gasteiger partial charge in [-0.15, -0.1) is 0 Å². The molecule has 1 aliphatic rings. The Morgan fingerprint density at radius 1 is 1.05 bits per heavy atom. The van der Waals surface area contributed by atoms with Gasteiger partial charge in [0, 0.05) is 51.0 Å². The first-order chi connectivity index (χ1) is 10.7. The highest BCUT2D eigenvalue weighted by atomic mass is 15.5. The second-order valence-electron chi connectivity index (χ2n) is 5.94. The fourth-order valence-corrected chi connectivity index (χ4v) is 3.29. The molecule has 0 bridgehead atoms. The maximum atomic E-state index is 4.50. The van der Waals surface area contributed by atoms with E-state index in [0.717, 1.165) is 45.0 Å². The lowest BCUT2D eigenvalue weighted by Gasteiger charge is -2.46. The van der Waals surface area contributed by atoms with Crippen molar-refractivity contribution in [3.8, 4) is 0 Å². The van der Waals surface area contributed by atoms with Crippen molar-refractivity contribution in [2.45, 2.75) is 32.4 Å². The molecule has 6 nitrogen and oxygen atoms in total. The molecule has 1 unspecified atom stereocenters. The van der Waals surface area contributed by atoms with Gasteiger partial charge in [-0.25, -0.2) is 9.97 Å². The minimum Gasteiger partial charge on any atom is -0.338 e. The number of hydrogen-bond donors (Lipinski definition) is 0. The Kier molecular flexibility index (Phi) is 4.38. The van der Waals surface area contributed by atoms with Crippen molar-refractivity contribution in [3.63, 3.8) is 0 Å². The van der Waals surface area contributed by atoms with E-state index in [0.29, 0.717) is 0 Å². The molecule has 118 valence electrons. The number of nitrogens with zero attached hydrogens (tertiary/aromatic N) is 6. The lowest BCUT2D eigenvalue weighted by Crippen LogP contribution is -2.57. The molecule has 22 heavy (non-hydrogen) atoms. The van der Waals surface area contributed by atoms with Crippen LogP contribution >= 0.6 is 0 Å². The molecule has 3 heterocycles. The summed E-state index contributed by atoms with van der Waals surface area (Å²) in [6.07, 6.45) is 9.78. The van der Waals surface area contributed by atoms with Crippen molar-refractivity contribution in [2.24, 2.45) is 0 Å². The summed E-state index contributed by atoms with van der Waals surface area (Å²) in [5.74, 6) is 0.832. The lowest BCUT2D eigenvalue weighted by molar-refractivity contribution is 0.00886. The number of anilines is 1. The first-order valence-corrected chi connectivity index (χ1v) is 8.01. The number of aromatic nitrogens is 4. The van der Waals surface area contributed by atoms with Crippen LogP contribution in [0.15, 0.2) is 36.9 Å². The predicted octanol–water partition coefficient (Wildman–Crippen LogP) is 1.97. The van der Waals surface area contributed by atoms with E-state index >= 15 is 0 Å². The predicted molar refractivity (Wildman–Crippen MR) is 86.6 cm³/mol. The maximum absolute atomic E-state index is 4.50. The Labute approximate surface area is 131 Å². The molecule has 0 aliphatic carbocycles. The van der Waals surface area contributed by atoms with E-state index in [1.165, 1.54) is 0 Å². The summed E-state index contributed by atoms with van der Waals surface area (Å²) in [4.78, 5) is 13.5. The molecule has 1 aliphatic heterocycles. The third-order valence-corrected chi connectivity index (χ3v) is 4.52. The van der Waals surface area contributed by atoms with Crippen LogP contribution in [0.1, 0.15) is 26.7 Å².